The Morgan fingerprint density at radius 3 is 2.63 bits per heavy atom. The minimum atomic E-state index is -3.71. The smallest absolute Gasteiger partial charge is 0.238 e. The highest BCUT2D eigenvalue weighted by Gasteiger charge is 2.29. The molecule has 6 nitrogen and oxygen atoms in total. The van der Waals surface area contributed by atoms with Crippen LogP contribution in [0.15, 0.2) is 23.1 Å². The van der Waals surface area contributed by atoms with Crippen LogP contribution in [0.25, 0.3) is 0 Å². The van der Waals surface area contributed by atoms with Crippen molar-refractivity contribution >= 4 is 21.4 Å². The Morgan fingerprint density at radius 2 is 2.11 bits per heavy atom. The normalized spacial score (nSPS) is 22.8. The fourth-order valence-corrected chi connectivity index (χ4v) is 2.67. The van der Waals surface area contributed by atoms with Crippen molar-refractivity contribution < 1.29 is 13.2 Å². The van der Waals surface area contributed by atoms with Gasteiger partial charge in [-0.3, -0.25) is 0 Å². The molecule has 1 fully saturated rings. The highest BCUT2D eigenvalue weighted by Crippen LogP contribution is 2.30. The van der Waals surface area contributed by atoms with E-state index in [0.717, 1.165) is 25.1 Å². The van der Waals surface area contributed by atoms with Crippen molar-refractivity contribution in [1.82, 2.24) is 0 Å². The first-order valence-electron chi connectivity index (χ1n) is 6.20. The lowest BCUT2D eigenvalue weighted by Gasteiger charge is -2.36. The fraction of sp³-hybridized carbons (Fsp3) is 0.500. The number of primary sulfonamides is 1. The lowest BCUT2D eigenvalue weighted by Crippen LogP contribution is -2.40. The monoisotopic (exact) mass is 285 g/mol. The third-order valence-electron chi connectivity index (χ3n) is 3.21. The summed E-state index contributed by atoms with van der Waals surface area (Å²) >= 11 is 0. The second-order valence-corrected chi connectivity index (χ2v) is 6.25. The summed E-state index contributed by atoms with van der Waals surface area (Å²) in [5.41, 5.74) is 6.93. The Morgan fingerprint density at radius 1 is 1.42 bits per heavy atom. The van der Waals surface area contributed by atoms with Crippen molar-refractivity contribution in [1.29, 1.82) is 0 Å². The average molecular weight is 285 g/mol. The van der Waals surface area contributed by atoms with Gasteiger partial charge in [-0.25, -0.2) is 13.6 Å². The van der Waals surface area contributed by atoms with Crippen LogP contribution < -0.4 is 16.2 Å². The topological polar surface area (TPSA) is 107 Å². The van der Waals surface area contributed by atoms with Crippen molar-refractivity contribution in [3.8, 4) is 0 Å². The van der Waals surface area contributed by atoms with Crippen molar-refractivity contribution in [3.05, 3.63) is 18.2 Å². The Kier molecular flexibility index (Phi) is 3.98. The molecule has 0 saturated heterocycles. The van der Waals surface area contributed by atoms with Crippen LogP contribution in [0.4, 0.5) is 11.4 Å². The van der Waals surface area contributed by atoms with Crippen molar-refractivity contribution in [2.75, 3.05) is 17.7 Å². The zero-order valence-corrected chi connectivity index (χ0v) is 11.6. The highest BCUT2D eigenvalue weighted by atomic mass is 32.2. The van der Waals surface area contributed by atoms with Gasteiger partial charge in [0.15, 0.2) is 0 Å². The number of benzene rings is 1. The molecule has 0 aromatic heterocycles. The van der Waals surface area contributed by atoms with Crippen LogP contribution in [0.3, 0.4) is 0 Å². The Labute approximate surface area is 113 Å². The molecule has 0 aliphatic heterocycles. The molecule has 7 heteroatoms. The maximum Gasteiger partial charge on any atom is 0.238 e. The van der Waals surface area contributed by atoms with Gasteiger partial charge in [0, 0.05) is 12.6 Å². The van der Waals surface area contributed by atoms with Crippen LogP contribution in [0.2, 0.25) is 0 Å². The van der Waals surface area contributed by atoms with Crippen LogP contribution in [-0.4, -0.2) is 27.2 Å². The van der Waals surface area contributed by atoms with E-state index in [0.29, 0.717) is 17.8 Å². The summed E-state index contributed by atoms with van der Waals surface area (Å²) in [6, 6.07) is 4.78. The zero-order valence-electron chi connectivity index (χ0n) is 10.8. The summed E-state index contributed by atoms with van der Waals surface area (Å²) in [5, 5.41) is 8.32. The molecule has 106 valence electrons. The quantitative estimate of drug-likeness (QED) is 0.697. The lowest BCUT2D eigenvalue weighted by atomic mass is 9.89. The lowest BCUT2D eigenvalue weighted by molar-refractivity contribution is 0.00300. The van der Waals surface area contributed by atoms with Gasteiger partial charge in [0.2, 0.25) is 10.0 Å². The van der Waals surface area contributed by atoms with Gasteiger partial charge in [0.1, 0.15) is 0 Å². The third-order valence-corrected chi connectivity index (χ3v) is 4.12. The van der Waals surface area contributed by atoms with Gasteiger partial charge in [-0.05, 0) is 38.0 Å². The summed E-state index contributed by atoms with van der Waals surface area (Å²) in [5.74, 6) is 0. The number of nitrogens with two attached hydrogens (primary N) is 2. The summed E-state index contributed by atoms with van der Waals surface area (Å²) in [7, 11) is -3.71. The van der Waals surface area contributed by atoms with Gasteiger partial charge in [-0.2, -0.15) is 0 Å². The summed E-state index contributed by atoms with van der Waals surface area (Å²) in [6.45, 7) is 2.70. The maximum atomic E-state index is 11.2. The summed E-state index contributed by atoms with van der Waals surface area (Å²) in [4.78, 5) is 0.0244. The number of ether oxygens (including phenoxy) is 1. The fourth-order valence-electron chi connectivity index (χ4n) is 2.12. The van der Waals surface area contributed by atoms with E-state index in [9.17, 15) is 8.42 Å². The molecule has 1 saturated carbocycles. The zero-order chi connectivity index (χ0) is 14.0. The number of sulfonamides is 1. The van der Waals surface area contributed by atoms with E-state index >= 15 is 0 Å². The molecule has 0 spiro atoms. The number of rotatable bonds is 5. The molecule has 1 aromatic carbocycles. The highest BCUT2D eigenvalue weighted by molar-refractivity contribution is 7.89. The number of anilines is 2. The molecule has 2 rings (SSSR count). The minimum absolute atomic E-state index is 0.0244. The molecular formula is C12H19N3O3S. The largest absolute Gasteiger partial charge is 0.397 e. The minimum Gasteiger partial charge on any atom is -0.397 e. The number of hydrogen-bond acceptors (Lipinski definition) is 5. The van der Waals surface area contributed by atoms with Gasteiger partial charge in [-0.1, -0.05) is 0 Å². The van der Waals surface area contributed by atoms with E-state index in [1.807, 2.05) is 6.92 Å². The first kappa shape index (κ1) is 14.1. The molecule has 0 bridgehead atoms. The van der Waals surface area contributed by atoms with Gasteiger partial charge in [0.25, 0.3) is 0 Å². The van der Waals surface area contributed by atoms with Crippen LogP contribution in [0, 0.1) is 0 Å². The van der Waals surface area contributed by atoms with E-state index in [1.165, 1.54) is 12.1 Å². The van der Waals surface area contributed by atoms with Gasteiger partial charge >= 0.3 is 0 Å². The second-order valence-electron chi connectivity index (χ2n) is 4.68. The van der Waals surface area contributed by atoms with Gasteiger partial charge in [-0.15, -0.1) is 0 Å². The molecular weight excluding hydrogens is 266 g/mol. The van der Waals surface area contributed by atoms with Crippen LogP contribution in [0.1, 0.15) is 19.8 Å². The maximum absolute atomic E-state index is 11.2. The predicted molar refractivity (Wildman–Crippen MR) is 74.3 cm³/mol. The molecule has 0 radical (unpaired) electrons. The number of nitrogen functional groups attached to an aromatic ring is 1. The molecule has 1 aromatic rings. The second kappa shape index (κ2) is 5.36. The molecule has 0 amide bonds. The molecule has 0 atom stereocenters. The van der Waals surface area contributed by atoms with E-state index in [-0.39, 0.29) is 4.90 Å². The standard InChI is InChI=1S/C12H19N3O3S/c1-2-18-9-5-8(6-9)15-12-4-3-10(7-11(12)13)19(14,16)17/h3-4,7-9,15H,2,5-6,13H2,1H3,(H2,14,16,17). The van der Waals surface area contributed by atoms with E-state index in [1.54, 1.807) is 6.07 Å². The third kappa shape index (κ3) is 3.37. The van der Waals surface area contributed by atoms with Crippen molar-refractivity contribution in [2.24, 2.45) is 5.14 Å². The molecule has 0 heterocycles. The molecule has 1 aliphatic rings. The first-order valence-corrected chi connectivity index (χ1v) is 7.75. The van der Waals surface area contributed by atoms with Crippen LogP contribution in [0.5, 0.6) is 0 Å². The van der Waals surface area contributed by atoms with Crippen LogP contribution >= 0.6 is 0 Å². The number of hydrogen-bond donors (Lipinski definition) is 3. The Balaban J connectivity index is 1.99. The van der Waals surface area contributed by atoms with Crippen LogP contribution in [-0.2, 0) is 14.8 Å². The van der Waals surface area contributed by atoms with E-state index < -0.39 is 10.0 Å². The molecule has 1 aliphatic carbocycles. The molecule has 0 unspecified atom stereocenters. The number of nitrogens with one attached hydrogen (secondary N) is 1. The summed E-state index contributed by atoms with van der Waals surface area (Å²) in [6.07, 6.45) is 2.18. The average Bonchev–Trinajstić information content (AvgIpc) is 2.27. The van der Waals surface area contributed by atoms with Crippen molar-refractivity contribution in [3.63, 3.8) is 0 Å². The SMILES string of the molecule is CCOC1CC(Nc2ccc(S(N)(=O)=O)cc2N)C1. The summed E-state index contributed by atoms with van der Waals surface area (Å²) < 4.78 is 27.8. The Bertz CT molecular complexity index is 553. The predicted octanol–water partition coefficient (Wildman–Crippen LogP) is 0.896. The first-order chi connectivity index (χ1) is 8.90. The van der Waals surface area contributed by atoms with Gasteiger partial charge in [0.05, 0.1) is 22.4 Å². The van der Waals surface area contributed by atoms with Gasteiger partial charge < -0.3 is 15.8 Å². The van der Waals surface area contributed by atoms with E-state index in [4.69, 9.17) is 15.6 Å². The van der Waals surface area contributed by atoms with E-state index in [2.05, 4.69) is 5.32 Å². The van der Waals surface area contributed by atoms with Crippen molar-refractivity contribution in [2.45, 2.75) is 36.8 Å². The molecule has 19 heavy (non-hydrogen) atoms. The Hall–Kier alpha value is -1.31. The molecule has 5 N–H and O–H groups in total.